The monoisotopic (exact) mass is 444 g/mol. The average molecular weight is 445 g/mol. The van der Waals surface area contributed by atoms with E-state index in [0.717, 1.165) is 68.4 Å². The summed E-state index contributed by atoms with van der Waals surface area (Å²) in [5.41, 5.74) is 2.49. The number of nitrogens with zero attached hydrogens (tertiary/aromatic N) is 4. The highest BCUT2D eigenvalue weighted by atomic mass is 16.5. The van der Waals surface area contributed by atoms with Crippen molar-refractivity contribution < 1.29 is 4.74 Å². The highest BCUT2D eigenvalue weighted by Gasteiger charge is 2.29. The van der Waals surface area contributed by atoms with Crippen LogP contribution >= 0.6 is 0 Å². The van der Waals surface area contributed by atoms with E-state index in [0.29, 0.717) is 17.1 Å². The lowest BCUT2D eigenvalue weighted by Crippen LogP contribution is -2.28. The number of rotatable bonds is 6. The molecule has 4 aromatic rings. The van der Waals surface area contributed by atoms with Crippen molar-refractivity contribution in [2.24, 2.45) is 5.92 Å². The predicted molar refractivity (Wildman–Crippen MR) is 128 cm³/mol. The predicted octanol–water partition coefficient (Wildman–Crippen LogP) is 3.71. The maximum Gasteiger partial charge on any atom is 0.329 e. The first-order valence-electron chi connectivity index (χ1n) is 12.0. The topological polar surface area (TPSA) is 71.0 Å². The molecule has 3 heterocycles. The van der Waals surface area contributed by atoms with Crippen LogP contribution in [0.5, 0.6) is 0 Å². The first-order chi connectivity index (χ1) is 16.2. The number of aromatic nitrogens is 4. The van der Waals surface area contributed by atoms with E-state index in [1.807, 2.05) is 53.1 Å². The molecule has 0 spiro atoms. The van der Waals surface area contributed by atoms with Gasteiger partial charge in [-0.15, -0.1) is 0 Å². The molecule has 0 amide bonds. The molecular weight excluding hydrogens is 416 g/mol. The van der Waals surface area contributed by atoms with Crippen molar-refractivity contribution >= 4 is 21.9 Å². The summed E-state index contributed by atoms with van der Waals surface area (Å²) >= 11 is 0. The summed E-state index contributed by atoms with van der Waals surface area (Å²) in [7, 11) is 0. The van der Waals surface area contributed by atoms with Crippen LogP contribution < -0.4 is 11.2 Å². The van der Waals surface area contributed by atoms with Crippen molar-refractivity contribution in [3.8, 4) is 0 Å². The molecule has 1 saturated heterocycles. The Labute approximate surface area is 191 Å². The van der Waals surface area contributed by atoms with E-state index in [9.17, 15) is 9.59 Å². The summed E-state index contributed by atoms with van der Waals surface area (Å²) in [5, 5.41) is 0.626. The number of ether oxygens (including phenoxy) is 1. The van der Waals surface area contributed by atoms with Gasteiger partial charge < -0.3 is 9.30 Å². The van der Waals surface area contributed by atoms with E-state index in [4.69, 9.17) is 4.74 Å². The molecule has 0 unspecified atom stereocenters. The minimum Gasteiger partial charge on any atom is -0.381 e. The number of hydrogen-bond donors (Lipinski definition) is 0. The van der Waals surface area contributed by atoms with Crippen LogP contribution in [-0.4, -0.2) is 31.9 Å². The Balaban J connectivity index is 1.45. The third-order valence-corrected chi connectivity index (χ3v) is 7.15. The molecule has 0 atom stereocenters. The molecule has 1 saturated carbocycles. The molecule has 7 nitrogen and oxygen atoms in total. The zero-order chi connectivity index (χ0) is 22.4. The molecule has 2 fully saturated rings. The molecule has 1 aliphatic carbocycles. The lowest BCUT2D eigenvalue weighted by atomic mass is 9.96. The quantitative estimate of drug-likeness (QED) is 0.455. The fraction of sp³-hybridized carbons (Fsp3) is 0.423. The number of hydrogen-bond acceptors (Lipinski definition) is 4. The molecule has 0 N–H and O–H groups in total. The van der Waals surface area contributed by atoms with Gasteiger partial charge in [0.1, 0.15) is 5.82 Å². The van der Waals surface area contributed by atoms with Gasteiger partial charge in [0, 0.05) is 25.8 Å². The highest BCUT2D eigenvalue weighted by Crippen LogP contribution is 2.36. The lowest BCUT2D eigenvalue weighted by Gasteiger charge is -2.23. The van der Waals surface area contributed by atoms with Gasteiger partial charge in [0.15, 0.2) is 0 Å². The maximum atomic E-state index is 13.4. The molecule has 1 aliphatic heterocycles. The van der Waals surface area contributed by atoms with Gasteiger partial charge in [0.2, 0.25) is 0 Å². The van der Waals surface area contributed by atoms with E-state index < -0.39 is 0 Å². The number of para-hydroxylation sites is 3. The molecule has 170 valence electrons. The normalized spacial score (nSPS) is 17.2. The summed E-state index contributed by atoms with van der Waals surface area (Å²) in [6.45, 7) is 2.68. The van der Waals surface area contributed by atoms with Crippen LogP contribution in [0.3, 0.4) is 0 Å². The highest BCUT2D eigenvalue weighted by molar-refractivity contribution is 5.78. The Hall–Kier alpha value is -3.19. The zero-order valence-electron chi connectivity index (χ0n) is 18.7. The summed E-state index contributed by atoms with van der Waals surface area (Å²) in [6, 6.07) is 15.9. The van der Waals surface area contributed by atoms with Crippen molar-refractivity contribution in [3.63, 3.8) is 0 Å². The van der Waals surface area contributed by atoms with Gasteiger partial charge in [-0.05, 0) is 62.3 Å². The Morgan fingerprint density at radius 1 is 0.848 bits per heavy atom. The molecule has 0 bridgehead atoms. The van der Waals surface area contributed by atoms with Crippen LogP contribution in [0.2, 0.25) is 0 Å². The maximum absolute atomic E-state index is 13.4. The molecule has 0 radical (unpaired) electrons. The van der Waals surface area contributed by atoms with Crippen molar-refractivity contribution in [1.29, 1.82) is 0 Å². The van der Waals surface area contributed by atoms with Gasteiger partial charge in [0.25, 0.3) is 5.56 Å². The van der Waals surface area contributed by atoms with E-state index in [1.54, 1.807) is 4.57 Å². The van der Waals surface area contributed by atoms with Crippen molar-refractivity contribution in [2.45, 2.75) is 51.2 Å². The first-order valence-corrected chi connectivity index (χ1v) is 12.0. The summed E-state index contributed by atoms with van der Waals surface area (Å²) in [5.74, 6) is 1.25. The minimum atomic E-state index is -0.234. The smallest absolute Gasteiger partial charge is 0.329 e. The molecule has 33 heavy (non-hydrogen) atoms. The SMILES string of the molecule is O=c1nc(Cn2c(=O)n(C3CC3)c3ccccc32)n(CCC2CCOCC2)c2ccccc12. The van der Waals surface area contributed by atoms with Gasteiger partial charge in [-0.1, -0.05) is 24.3 Å². The van der Waals surface area contributed by atoms with Crippen LogP contribution in [-0.2, 0) is 17.8 Å². The third kappa shape index (κ3) is 3.70. The van der Waals surface area contributed by atoms with Gasteiger partial charge >= 0.3 is 5.69 Å². The molecule has 2 aliphatic rings. The molecular formula is C26H28N4O3. The van der Waals surface area contributed by atoms with Gasteiger partial charge in [-0.3, -0.25) is 13.9 Å². The second kappa shape index (κ2) is 8.30. The Morgan fingerprint density at radius 2 is 1.55 bits per heavy atom. The number of fused-ring (bicyclic) bond motifs is 2. The van der Waals surface area contributed by atoms with E-state index >= 15 is 0 Å². The number of imidazole rings is 1. The minimum absolute atomic E-state index is 0.0166. The van der Waals surface area contributed by atoms with Gasteiger partial charge in [-0.25, -0.2) is 4.79 Å². The lowest BCUT2D eigenvalue weighted by molar-refractivity contribution is 0.0626. The zero-order valence-corrected chi connectivity index (χ0v) is 18.7. The van der Waals surface area contributed by atoms with Crippen molar-refractivity contribution in [1.82, 2.24) is 18.7 Å². The summed E-state index contributed by atoms with van der Waals surface area (Å²) < 4.78 is 11.4. The average Bonchev–Trinajstić information content (AvgIpc) is 3.64. The van der Waals surface area contributed by atoms with Crippen molar-refractivity contribution in [3.05, 3.63) is 75.2 Å². The standard InChI is InChI=1S/C26H28N4O3/c31-25-20-5-1-2-6-21(20)28(14-11-18-12-15-33-16-13-18)24(27-25)17-29-22-7-3-4-8-23(22)30(26(29)32)19-9-10-19/h1-8,18-19H,9-17H2. The van der Waals surface area contributed by atoms with Gasteiger partial charge in [-0.2, -0.15) is 4.98 Å². The van der Waals surface area contributed by atoms with Crippen molar-refractivity contribution in [2.75, 3.05) is 13.2 Å². The summed E-state index contributed by atoms with van der Waals surface area (Å²) in [4.78, 5) is 30.8. The van der Waals surface area contributed by atoms with Crippen LogP contribution in [0.4, 0.5) is 0 Å². The molecule has 7 heteroatoms. The largest absolute Gasteiger partial charge is 0.381 e. The fourth-order valence-electron chi connectivity index (χ4n) is 5.20. The molecule has 6 rings (SSSR count). The number of benzene rings is 2. The van der Waals surface area contributed by atoms with Crippen LogP contribution in [0.15, 0.2) is 58.1 Å². The second-order valence-electron chi connectivity index (χ2n) is 9.31. The number of aryl methyl sites for hydroxylation is 1. The molecule has 2 aromatic heterocycles. The first kappa shape index (κ1) is 20.4. The fourth-order valence-corrected chi connectivity index (χ4v) is 5.20. The third-order valence-electron chi connectivity index (χ3n) is 7.15. The Bertz CT molecular complexity index is 1440. The Morgan fingerprint density at radius 3 is 2.30 bits per heavy atom. The van der Waals surface area contributed by atoms with Crippen LogP contribution in [0.1, 0.15) is 44.0 Å². The van der Waals surface area contributed by atoms with Gasteiger partial charge in [0.05, 0.1) is 28.5 Å². The Kier molecular flexibility index (Phi) is 5.14. The summed E-state index contributed by atoms with van der Waals surface area (Å²) in [6.07, 6.45) is 5.21. The van der Waals surface area contributed by atoms with E-state index in [2.05, 4.69) is 9.55 Å². The van der Waals surface area contributed by atoms with Crippen LogP contribution in [0.25, 0.3) is 21.9 Å². The van der Waals surface area contributed by atoms with Crippen LogP contribution in [0, 0.1) is 5.92 Å². The second-order valence-corrected chi connectivity index (χ2v) is 9.31. The van der Waals surface area contributed by atoms with E-state index in [-0.39, 0.29) is 23.8 Å². The van der Waals surface area contributed by atoms with E-state index in [1.165, 1.54) is 0 Å². The molecule has 2 aromatic carbocycles.